The summed E-state index contributed by atoms with van der Waals surface area (Å²) in [6, 6.07) is 3.61. The van der Waals surface area contributed by atoms with Crippen LogP contribution in [0, 0.1) is 5.41 Å². The molecule has 1 heterocycles. The third-order valence-electron chi connectivity index (χ3n) is 2.23. The molecule has 74 valence electrons. The zero-order chi connectivity index (χ0) is 10.1. The van der Waals surface area contributed by atoms with Crippen molar-refractivity contribution in [3.8, 4) is 11.5 Å². The van der Waals surface area contributed by atoms with Crippen molar-refractivity contribution in [1.29, 1.82) is 5.41 Å². The number of ether oxygens (including phenoxy) is 3. The van der Waals surface area contributed by atoms with Crippen LogP contribution < -0.4 is 9.47 Å². The van der Waals surface area contributed by atoms with Gasteiger partial charge < -0.3 is 14.2 Å². The molecule has 0 unspecified atom stereocenters. The lowest BCUT2D eigenvalue weighted by Crippen LogP contribution is -1.96. The quantitative estimate of drug-likeness (QED) is 0.775. The second-order valence-corrected chi connectivity index (χ2v) is 2.98. The third kappa shape index (κ3) is 1.19. The van der Waals surface area contributed by atoms with Gasteiger partial charge in [-0.25, -0.2) is 0 Å². The molecule has 1 aliphatic rings. The van der Waals surface area contributed by atoms with E-state index in [2.05, 4.69) is 0 Å². The third-order valence-corrected chi connectivity index (χ3v) is 2.23. The highest BCUT2D eigenvalue weighted by Gasteiger charge is 2.21. The van der Waals surface area contributed by atoms with Crippen LogP contribution in [0.15, 0.2) is 12.1 Å². The van der Waals surface area contributed by atoms with Crippen LogP contribution in [-0.4, -0.2) is 20.1 Å². The summed E-state index contributed by atoms with van der Waals surface area (Å²) in [5, 5.41) is 7.51. The van der Waals surface area contributed by atoms with Gasteiger partial charge in [0.25, 0.3) is 0 Å². The molecule has 1 N–H and O–H groups in total. The summed E-state index contributed by atoms with van der Waals surface area (Å²) in [4.78, 5) is 0. The Labute approximate surface area is 81.9 Å². The summed E-state index contributed by atoms with van der Waals surface area (Å²) >= 11 is 0. The average molecular weight is 193 g/mol. The van der Waals surface area contributed by atoms with Gasteiger partial charge in [0.15, 0.2) is 11.5 Å². The summed E-state index contributed by atoms with van der Waals surface area (Å²) in [5.74, 6) is 1.49. The predicted octanol–water partition coefficient (Wildman–Crippen LogP) is 1.56. The van der Waals surface area contributed by atoms with Gasteiger partial charge in [-0.3, -0.25) is 5.41 Å². The monoisotopic (exact) mass is 193 g/mol. The maximum absolute atomic E-state index is 7.51. The number of fused-ring (bicyclic) bond motifs is 1. The van der Waals surface area contributed by atoms with Crippen LogP contribution in [0.2, 0.25) is 0 Å². The molecule has 0 amide bonds. The first-order valence-electron chi connectivity index (χ1n) is 4.23. The standard InChI is InChI=1S/C10H11NO3/c1-12-8-3-6-5-14-10(11)7(6)4-9(8)13-2/h3-4,11H,5H2,1-2H3. The Morgan fingerprint density at radius 2 is 1.86 bits per heavy atom. The van der Waals surface area contributed by atoms with E-state index in [1.807, 2.05) is 6.07 Å². The minimum absolute atomic E-state index is 0.195. The van der Waals surface area contributed by atoms with Crippen molar-refractivity contribution in [3.63, 3.8) is 0 Å². The maximum atomic E-state index is 7.51. The van der Waals surface area contributed by atoms with Crippen LogP contribution in [0.25, 0.3) is 0 Å². The first-order chi connectivity index (χ1) is 6.76. The highest BCUT2D eigenvalue weighted by molar-refractivity contribution is 5.96. The number of rotatable bonds is 2. The van der Waals surface area contributed by atoms with Gasteiger partial charge in [-0.2, -0.15) is 0 Å². The predicted molar refractivity (Wildman–Crippen MR) is 51.2 cm³/mol. The molecular formula is C10H11NO3. The van der Waals surface area contributed by atoms with E-state index in [0.717, 1.165) is 11.1 Å². The number of nitrogens with one attached hydrogen (secondary N) is 1. The zero-order valence-corrected chi connectivity index (χ0v) is 8.09. The number of benzene rings is 1. The summed E-state index contributed by atoms with van der Waals surface area (Å²) < 4.78 is 15.4. The Bertz CT molecular complexity index is 387. The molecule has 0 saturated heterocycles. The Balaban J connectivity index is 2.54. The van der Waals surface area contributed by atoms with Crippen molar-refractivity contribution < 1.29 is 14.2 Å². The molecule has 0 radical (unpaired) electrons. The summed E-state index contributed by atoms with van der Waals surface area (Å²) in [7, 11) is 3.16. The molecule has 0 aliphatic carbocycles. The molecule has 4 nitrogen and oxygen atoms in total. The van der Waals surface area contributed by atoms with E-state index in [0.29, 0.717) is 18.1 Å². The molecule has 1 aromatic rings. The SMILES string of the molecule is COc1cc2c(cc1OC)C(=N)OC2. The van der Waals surface area contributed by atoms with E-state index in [1.165, 1.54) is 0 Å². The molecule has 4 heteroatoms. The molecule has 1 aromatic carbocycles. The fraction of sp³-hybridized carbons (Fsp3) is 0.300. The summed E-state index contributed by atoms with van der Waals surface area (Å²) in [5.41, 5.74) is 1.75. The number of hydrogen-bond acceptors (Lipinski definition) is 4. The Morgan fingerprint density at radius 3 is 2.50 bits per heavy atom. The van der Waals surface area contributed by atoms with Gasteiger partial charge >= 0.3 is 0 Å². The molecule has 14 heavy (non-hydrogen) atoms. The fourth-order valence-electron chi connectivity index (χ4n) is 1.48. The molecule has 0 spiro atoms. The van der Waals surface area contributed by atoms with Crippen LogP contribution in [0.5, 0.6) is 11.5 Å². The van der Waals surface area contributed by atoms with Gasteiger partial charge in [-0.05, 0) is 12.1 Å². The lowest BCUT2D eigenvalue weighted by molar-refractivity contribution is 0.309. The van der Waals surface area contributed by atoms with Crippen LogP contribution >= 0.6 is 0 Å². The second kappa shape index (κ2) is 3.21. The zero-order valence-electron chi connectivity index (χ0n) is 8.09. The number of methoxy groups -OCH3 is 2. The van der Waals surface area contributed by atoms with Crippen molar-refractivity contribution >= 4 is 5.90 Å². The van der Waals surface area contributed by atoms with Crippen molar-refractivity contribution in [2.45, 2.75) is 6.61 Å². The molecule has 0 atom stereocenters. The molecule has 0 saturated carbocycles. The van der Waals surface area contributed by atoms with Crippen molar-refractivity contribution in [3.05, 3.63) is 23.3 Å². The van der Waals surface area contributed by atoms with E-state index < -0.39 is 0 Å². The minimum Gasteiger partial charge on any atom is -0.493 e. The van der Waals surface area contributed by atoms with E-state index in [4.69, 9.17) is 19.6 Å². The van der Waals surface area contributed by atoms with Crippen molar-refractivity contribution in [2.24, 2.45) is 0 Å². The van der Waals surface area contributed by atoms with E-state index in [1.54, 1.807) is 20.3 Å². The molecule has 0 bridgehead atoms. The largest absolute Gasteiger partial charge is 0.493 e. The number of hydrogen-bond donors (Lipinski definition) is 1. The summed E-state index contributed by atoms with van der Waals surface area (Å²) in [6.45, 7) is 0.439. The highest BCUT2D eigenvalue weighted by atomic mass is 16.5. The average Bonchev–Trinajstić information content (AvgIpc) is 2.58. The molecule has 0 aromatic heterocycles. The van der Waals surface area contributed by atoms with E-state index in [-0.39, 0.29) is 5.90 Å². The Kier molecular flexibility index (Phi) is 2.04. The molecular weight excluding hydrogens is 182 g/mol. The van der Waals surface area contributed by atoms with Gasteiger partial charge in [0, 0.05) is 11.1 Å². The topological polar surface area (TPSA) is 51.5 Å². The van der Waals surface area contributed by atoms with E-state index >= 15 is 0 Å². The van der Waals surface area contributed by atoms with Crippen LogP contribution in [0.4, 0.5) is 0 Å². The highest BCUT2D eigenvalue weighted by Crippen LogP contribution is 2.33. The molecule has 1 aliphatic heterocycles. The first kappa shape index (κ1) is 8.87. The fourth-order valence-corrected chi connectivity index (χ4v) is 1.48. The van der Waals surface area contributed by atoms with Crippen molar-refractivity contribution in [2.75, 3.05) is 14.2 Å². The lowest BCUT2D eigenvalue weighted by atomic mass is 10.1. The first-order valence-corrected chi connectivity index (χ1v) is 4.23. The van der Waals surface area contributed by atoms with Crippen molar-refractivity contribution in [1.82, 2.24) is 0 Å². The minimum atomic E-state index is 0.195. The molecule has 2 rings (SSSR count). The molecule has 0 fully saturated rings. The van der Waals surface area contributed by atoms with Gasteiger partial charge in [0.2, 0.25) is 5.90 Å². The van der Waals surface area contributed by atoms with Gasteiger partial charge in [0.1, 0.15) is 6.61 Å². The second-order valence-electron chi connectivity index (χ2n) is 2.98. The Morgan fingerprint density at radius 1 is 1.21 bits per heavy atom. The summed E-state index contributed by atoms with van der Waals surface area (Å²) in [6.07, 6.45) is 0. The smallest absolute Gasteiger partial charge is 0.214 e. The normalized spacial score (nSPS) is 13.4. The van der Waals surface area contributed by atoms with E-state index in [9.17, 15) is 0 Å². The Hall–Kier alpha value is -1.71. The van der Waals surface area contributed by atoms with Gasteiger partial charge in [-0.15, -0.1) is 0 Å². The van der Waals surface area contributed by atoms with Crippen LogP contribution in [0.3, 0.4) is 0 Å². The van der Waals surface area contributed by atoms with Gasteiger partial charge in [0.05, 0.1) is 14.2 Å². The lowest BCUT2D eigenvalue weighted by Gasteiger charge is -2.08. The maximum Gasteiger partial charge on any atom is 0.214 e. The van der Waals surface area contributed by atoms with Crippen LogP contribution in [0.1, 0.15) is 11.1 Å². The van der Waals surface area contributed by atoms with Crippen LogP contribution in [-0.2, 0) is 11.3 Å². The van der Waals surface area contributed by atoms with Gasteiger partial charge in [-0.1, -0.05) is 0 Å².